The van der Waals surface area contributed by atoms with Gasteiger partial charge in [0, 0.05) is 25.1 Å². The molecule has 0 aliphatic carbocycles. The van der Waals surface area contributed by atoms with Gasteiger partial charge in [0.15, 0.2) is 18.1 Å². The fraction of sp³-hybridized carbons (Fsp3) is 0.381. The second-order valence-electron chi connectivity index (χ2n) is 8.00. The number of para-hydroxylation sites is 1. The van der Waals surface area contributed by atoms with E-state index in [0.29, 0.717) is 30.6 Å². The minimum Gasteiger partial charge on any atom is -0.483 e. The predicted molar refractivity (Wildman–Crippen MR) is 107 cm³/mol. The summed E-state index contributed by atoms with van der Waals surface area (Å²) in [7, 11) is 0. The van der Waals surface area contributed by atoms with Crippen molar-refractivity contribution in [2.24, 2.45) is 0 Å². The second kappa shape index (κ2) is 6.88. The number of amides is 1. The van der Waals surface area contributed by atoms with Crippen molar-refractivity contribution < 1.29 is 18.8 Å². The number of benzene rings is 1. The van der Waals surface area contributed by atoms with Crippen molar-refractivity contribution in [2.45, 2.75) is 31.8 Å². The average molecular weight is 411 g/mol. The summed E-state index contributed by atoms with van der Waals surface area (Å²) in [5.41, 5.74) is 0.865. The van der Waals surface area contributed by atoms with Crippen molar-refractivity contribution in [1.82, 2.24) is 15.0 Å². The summed E-state index contributed by atoms with van der Waals surface area (Å²) in [6.45, 7) is 5.19. The molecule has 1 amide bonds. The standard InChI is InChI=1S/C21H21N3O4S/c1-21(2)9-13-5-3-6-15(18(13)27-21)26-12-17(25)24-10-14(11-24)20-22-19(23-28-20)16-7-4-8-29-16/h3-8,14H,9-12H2,1-2H3. The zero-order valence-corrected chi connectivity index (χ0v) is 17.1. The van der Waals surface area contributed by atoms with E-state index in [4.69, 9.17) is 14.0 Å². The van der Waals surface area contributed by atoms with E-state index < -0.39 is 0 Å². The molecule has 29 heavy (non-hydrogen) atoms. The van der Waals surface area contributed by atoms with Crippen molar-refractivity contribution in [3.63, 3.8) is 0 Å². The molecule has 8 heteroatoms. The van der Waals surface area contributed by atoms with E-state index in [2.05, 4.69) is 10.1 Å². The molecule has 1 aromatic carbocycles. The normalized spacial score (nSPS) is 17.5. The van der Waals surface area contributed by atoms with E-state index in [1.165, 1.54) is 0 Å². The fourth-order valence-corrected chi connectivity index (χ4v) is 4.33. The maximum atomic E-state index is 12.5. The molecule has 0 spiro atoms. The number of hydrogen-bond donors (Lipinski definition) is 0. The number of ether oxygens (including phenoxy) is 2. The molecule has 0 unspecified atom stereocenters. The third kappa shape index (κ3) is 3.48. The molecule has 2 aliphatic rings. The molecule has 2 aromatic heterocycles. The molecular formula is C21H21N3O4S. The number of rotatable bonds is 5. The van der Waals surface area contributed by atoms with Crippen molar-refractivity contribution in [2.75, 3.05) is 19.7 Å². The molecule has 1 saturated heterocycles. The SMILES string of the molecule is CC1(C)Cc2cccc(OCC(=O)N3CC(c4nc(-c5cccs5)no4)C3)c2O1. The van der Waals surface area contributed by atoms with Gasteiger partial charge in [0.1, 0.15) is 5.60 Å². The molecule has 5 rings (SSSR count). The van der Waals surface area contributed by atoms with Crippen LogP contribution in [0.3, 0.4) is 0 Å². The number of carbonyl (C=O) groups is 1. The summed E-state index contributed by atoms with van der Waals surface area (Å²) < 4.78 is 17.2. The minimum atomic E-state index is -0.247. The maximum absolute atomic E-state index is 12.5. The fourth-order valence-electron chi connectivity index (χ4n) is 3.68. The number of thiophene rings is 1. The van der Waals surface area contributed by atoms with Crippen molar-refractivity contribution >= 4 is 17.2 Å². The summed E-state index contributed by atoms with van der Waals surface area (Å²) in [6.07, 6.45) is 0.832. The zero-order chi connectivity index (χ0) is 20.0. The van der Waals surface area contributed by atoms with Crippen LogP contribution in [0.5, 0.6) is 11.5 Å². The smallest absolute Gasteiger partial charge is 0.260 e. The Morgan fingerprint density at radius 1 is 1.31 bits per heavy atom. The third-order valence-electron chi connectivity index (χ3n) is 5.17. The molecule has 2 aliphatic heterocycles. The van der Waals surface area contributed by atoms with Crippen LogP contribution in [0.4, 0.5) is 0 Å². The molecule has 4 heterocycles. The second-order valence-corrected chi connectivity index (χ2v) is 8.95. The first kappa shape index (κ1) is 18.2. The van der Waals surface area contributed by atoms with Crippen LogP contribution in [0.15, 0.2) is 40.2 Å². The van der Waals surface area contributed by atoms with Crippen LogP contribution in [-0.4, -0.2) is 46.2 Å². The number of nitrogens with zero attached hydrogens (tertiary/aromatic N) is 3. The van der Waals surface area contributed by atoms with Crippen LogP contribution in [0.25, 0.3) is 10.7 Å². The maximum Gasteiger partial charge on any atom is 0.260 e. The Balaban J connectivity index is 1.16. The quantitative estimate of drug-likeness (QED) is 0.639. The van der Waals surface area contributed by atoms with Crippen LogP contribution in [-0.2, 0) is 11.2 Å². The van der Waals surface area contributed by atoms with Gasteiger partial charge in [-0.2, -0.15) is 4.98 Å². The number of fused-ring (bicyclic) bond motifs is 1. The summed E-state index contributed by atoms with van der Waals surface area (Å²) >= 11 is 1.57. The molecule has 3 aromatic rings. The van der Waals surface area contributed by atoms with Crippen molar-refractivity contribution in [3.05, 3.63) is 47.2 Å². The van der Waals surface area contributed by atoms with Gasteiger partial charge in [-0.15, -0.1) is 11.3 Å². The Bertz CT molecular complexity index is 1040. The monoisotopic (exact) mass is 411 g/mol. The predicted octanol–water partition coefficient (Wildman–Crippen LogP) is 3.52. The summed E-state index contributed by atoms with van der Waals surface area (Å²) in [5, 5.41) is 6.01. The average Bonchev–Trinajstić information content (AvgIpc) is 3.36. The van der Waals surface area contributed by atoms with Gasteiger partial charge in [0.05, 0.1) is 10.8 Å². The highest BCUT2D eigenvalue weighted by molar-refractivity contribution is 7.13. The summed E-state index contributed by atoms with van der Waals surface area (Å²) in [5.74, 6) is 2.56. The first-order chi connectivity index (χ1) is 14.0. The largest absolute Gasteiger partial charge is 0.483 e. The zero-order valence-electron chi connectivity index (χ0n) is 16.3. The van der Waals surface area contributed by atoms with Gasteiger partial charge in [-0.05, 0) is 31.4 Å². The number of hydrogen-bond acceptors (Lipinski definition) is 7. The lowest BCUT2D eigenvalue weighted by Gasteiger charge is -2.36. The van der Waals surface area contributed by atoms with Crippen LogP contribution in [0.1, 0.15) is 31.2 Å². The van der Waals surface area contributed by atoms with E-state index in [-0.39, 0.29) is 24.0 Å². The summed E-state index contributed by atoms with van der Waals surface area (Å²) in [4.78, 5) is 19.7. The van der Waals surface area contributed by atoms with E-state index in [0.717, 1.165) is 22.6 Å². The third-order valence-corrected chi connectivity index (χ3v) is 6.04. The van der Waals surface area contributed by atoms with Gasteiger partial charge < -0.3 is 18.9 Å². The molecule has 0 radical (unpaired) electrons. The highest BCUT2D eigenvalue weighted by Gasteiger charge is 2.36. The molecular weight excluding hydrogens is 390 g/mol. The van der Waals surface area contributed by atoms with Gasteiger partial charge in [-0.3, -0.25) is 4.79 Å². The molecule has 0 saturated carbocycles. The molecule has 1 fully saturated rings. The first-order valence-corrected chi connectivity index (χ1v) is 10.5. The van der Waals surface area contributed by atoms with Crippen LogP contribution < -0.4 is 9.47 Å². The Morgan fingerprint density at radius 2 is 2.17 bits per heavy atom. The lowest BCUT2D eigenvalue weighted by Crippen LogP contribution is -2.50. The Labute approximate surface area is 172 Å². The van der Waals surface area contributed by atoms with Crippen LogP contribution in [0.2, 0.25) is 0 Å². The highest BCUT2D eigenvalue weighted by atomic mass is 32.1. The molecule has 150 valence electrons. The van der Waals surface area contributed by atoms with E-state index in [9.17, 15) is 4.79 Å². The minimum absolute atomic E-state index is 0.0166. The Morgan fingerprint density at radius 3 is 2.97 bits per heavy atom. The van der Waals surface area contributed by atoms with Gasteiger partial charge in [-0.1, -0.05) is 23.4 Å². The number of carbonyl (C=O) groups excluding carboxylic acids is 1. The Kier molecular flexibility index (Phi) is 4.31. The van der Waals surface area contributed by atoms with E-state index in [1.807, 2.05) is 49.6 Å². The number of aromatic nitrogens is 2. The molecule has 0 bridgehead atoms. The van der Waals surface area contributed by atoms with Crippen molar-refractivity contribution in [3.8, 4) is 22.2 Å². The van der Waals surface area contributed by atoms with E-state index in [1.54, 1.807) is 16.2 Å². The molecule has 7 nitrogen and oxygen atoms in total. The summed E-state index contributed by atoms with van der Waals surface area (Å²) in [6, 6.07) is 9.72. The van der Waals surface area contributed by atoms with E-state index >= 15 is 0 Å². The van der Waals surface area contributed by atoms with Crippen LogP contribution >= 0.6 is 11.3 Å². The lowest BCUT2D eigenvalue weighted by molar-refractivity contribution is -0.138. The van der Waals surface area contributed by atoms with Crippen molar-refractivity contribution in [1.29, 1.82) is 0 Å². The molecule has 0 N–H and O–H groups in total. The van der Waals surface area contributed by atoms with Gasteiger partial charge in [0.2, 0.25) is 11.7 Å². The van der Waals surface area contributed by atoms with Gasteiger partial charge >= 0.3 is 0 Å². The van der Waals surface area contributed by atoms with Gasteiger partial charge in [0.25, 0.3) is 5.91 Å². The van der Waals surface area contributed by atoms with Gasteiger partial charge in [-0.25, -0.2) is 0 Å². The number of likely N-dealkylation sites (tertiary alicyclic amines) is 1. The Hall–Kier alpha value is -2.87. The highest BCUT2D eigenvalue weighted by Crippen LogP contribution is 2.41. The van der Waals surface area contributed by atoms with Crippen LogP contribution in [0, 0.1) is 0 Å². The topological polar surface area (TPSA) is 77.7 Å². The first-order valence-electron chi connectivity index (χ1n) is 9.57. The lowest BCUT2D eigenvalue weighted by atomic mass is 10.0. The molecule has 0 atom stereocenters.